The van der Waals surface area contributed by atoms with Crippen molar-refractivity contribution in [3.63, 3.8) is 0 Å². The molecule has 2 aliphatic rings. The molecule has 9 heteroatoms. The Morgan fingerprint density at radius 3 is 2.44 bits per heavy atom. The molecule has 2 aliphatic heterocycles. The smallest absolute Gasteiger partial charge is 0.240 e. The van der Waals surface area contributed by atoms with Crippen molar-refractivity contribution < 1.29 is 27.8 Å². The lowest BCUT2D eigenvalue weighted by Gasteiger charge is -2.38. The van der Waals surface area contributed by atoms with Crippen LogP contribution in [0, 0.1) is 11.7 Å². The molecule has 0 amide bonds. The summed E-state index contributed by atoms with van der Waals surface area (Å²) >= 11 is 0. The first-order valence-electron chi connectivity index (χ1n) is 9.25. The highest BCUT2D eigenvalue weighted by Crippen LogP contribution is 2.29. The molecule has 7 nitrogen and oxygen atoms in total. The Morgan fingerprint density at radius 1 is 1.22 bits per heavy atom. The number of nitrogens with one attached hydrogen (secondary N) is 1. The first kappa shape index (κ1) is 20.6. The summed E-state index contributed by atoms with van der Waals surface area (Å²) in [6.07, 6.45) is -0.207. The number of piperidine rings is 1. The number of ether oxygens (including phenoxy) is 1. The molecule has 2 saturated heterocycles. The third-order valence-corrected chi connectivity index (χ3v) is 6.92. The van der Waals surface area contributed by atoms with Crippen LogP contribution in [0.15, 0.2) is 29.2 Å². The van der Waals surface area contributed by atoms with Crippen molar-refractivity contribution in [1.82, 2.24) is 9.62 Å². The quantitative estimate of drug-likeness (QED) is 0.634. The van der Waals surface area contributed by atoms with Gasteiger partial charge in [0.25, 0.3) is 0 Å². The molecule has 2 heterocycles. The SMILES string of the molecule is CC1CCN([C@H]2[C@H](O)[C@H](CO)O[C@@H]2CNS(=O)(=O)c2ccc(F)cc2)CC1. The van der Waals surface area contributed by atoms with E-state index in [1.54, 1.807) is 0 Å². The Morgan fingerprint density at radius 2 is 1.85 bits per heavy atom. The molecule has 2 fully saturated rings. The van der Waals surface area contributed by atoms with Crippen molar-refractivity contribution in [2.75, 3.05) is 26.2 Å². The molecule has 27 heavy (non-hydrogen) atoms. The Balaban J connectivity index is 1.70. The number of benzene rings is 1. The molecule has 0 spiro atoms. The molecule has 152 valence electrons. The number of hydrogen-bond acceptors (Lipinski definition) is 6. The third-order valence-electron chi connectivity index (χ3n) is 5.48. The summed E-state index contributed by atoms with van der Waals surface area (Å²) in [6.45, 7) is 3.41. The molecule has 4 atom stereocenters. The maximum Gasteiger partial charge on any atom is 0.240 e. The Kier molecular flexibility index (Phi) is 6.50. The van der Waals surface area contributed by atoms with Crippen molar-refractivity contribution in [2.24, 2.45) is 5.92 Å². The van der Waals surface area contributed by atoms with Gasteiger partial charge in [0.1, 0.15) is 18.0 Å². The standard InChI is InChI=1S/C18H27FN2O5S/c1-12-6-8-21(9-7-12)17-15(26-16(11-22)18(17)23)10-20-27(24,25)14-4-2-13(19)3-5-14/h2-5,12,15-18,20,22-23H,6-11H2,1H3/t15-,16+,17-,18-/m1/s1. The van der Waals surface area contributed by atoms with Gasteiger partial charge in [-0.3, -0.25) is 4.90 Å². The van der Waals surface area contributed by atoms with Crippen molar-refractivity contribution in [2.45, 2.75) is 49.0 Å². The van der Waals surface area contributed by atoms with E-state index < -0.39 is 34.2 Å². The lowest BCUT2D eigenvalue weighted by atomic mass is 9.94. The van der Waals surface area contributed by atoms with Crippen molar-refractivity contribution in [3.05, 3.63) is 30.1 Å². The number of aliphatic hydroxyl groups is 2. The van der Waals surface area contributed by atoms with Crippen molar-refractivity contribution >= 4 is 10.0 Å². The normalized spacial score (nSPS) is 30.7. The van der Waals surface area contributed by atoms with Crippen molar-refractivity contribution in [1.29, 1.82) is 0 Å². The van der Waals surface area contributed by atoms with Gasteiger partial charge in [0, 0.05) is 6.54 Å². The number of hydrogen-bond donors (Lipinski definition) is 3. The molecule has 0 aromatic heterocycles. The molecule has 0 radical (unpaired) electrons. The van der Waals surface area contributed by atoms with Crippen LogP contribution in [0.25, 0.3) is 0 Å². The minimum absolute atomic E-state index is 0.0375. The topological polar surface area (TPSA) is 99.1 Å². The predicted molar refractivity (Wildman–Crippen MR) is 97.1 cm³/mol. The van der Waals surface area contributed by atoms with E-state index in [1.165, 1.54) is 12.1 Å². The largest absolute Gasteiger partial charge is 0.394 e. The summed E-state index contributed by atoms with van der Waals surface area (Å²) in [5, 5.41) is 20.0. The average Bonchev–Trinajstić information content (AvgIpc) is 2.97. The minimum atomic E-state index is -3.83. The van der Waals surface area contributed by atoms with Crippen LogP contribution in [0.4, 0.5) is 4.39 Å². The molecule has 3 rings (SSSR count). The van der Waals surface area contributed by atoms with E-state index in [2.05, 4.69) is 16.5 Å². The van der Waals surface area contributed by atoms with Crippen LogP contribution in [0.2, 0.25) is 0 Å². The molecule has 0 saturated carbocycles. The summed E-state index contributed by atoms with van der Waals surface area (Å²) in [6, 6.07) is 4.18. The van der Waals surface area contributed by atoms with Crippen LogP contribution in [0.1, 0.15) is 19.8 Å². The fraction of sp³-hybridized carbons (Fsp3) is 0.667. The summed E-state index contributed by atoms with van der Waals surface area (Å²) in [5.41, 5.74) is 0. The highest BCUT2D eigenvalue weighted by molar-refractivity contribution is 7.89. The van der Waals surface area contributed by atoms with E-state index >= 15 is 0 Å². The summed E-state index contributed by atoms with van der Waals surface area (Å²) < 4.78 is 46.1. The van der Waals surface area contributed by atoms with E-state index in [9.17, 15) is 23.0 Å². The third kappa shape index (κ3) is 4.67. The maximum absolute atomic E-state index is 13.0. The van der Waals surface area contributed by atoms with Gasteiger partial charge in [-0.25, -0.2) is 17.5 Å². The lowest BCUT2D eigenvalue weighted by molar-refractivity contribution is -0.0201. The molecule has 0 aliphatic carbocycles. The van der Waals surface area contributed by atoms with Crippen LogP contribution in [-0.4, -0.2) is 74.1 Å². The van der Waals surface area contributed by atoms with Crippen molar-refractivity contribution in [3.8, 4) is 0 Å². The van der Waals surface area contributed by atoms with Gasteiger partial charge >= 0.3 is 0 Å². The number of aliphatic hydroxyl groups excluding tert-OH is 2. The molecular weight excluding hydrogens is 375 g/mol. The zero-order valence-corrected chi connectivity index (χ0v) is 16.1. The highest BCUT2D eigenvalue weighted by Gasteiger charge is 2.46. The molecule has 0 unspecified atom stereocenters. The van der Waals surface area contributed by atoms with Crippen LogP contribution in [0.3, 0.4) is 0 Å². The van der Waals surface area contributed by atoms with Gasteiger partial charge < -0.3 is 14.9 Å². The van der Waals surface area contributed by atoms with E-state index in [-0.39, 0.29) is 24.1 Å². The number of nitrogens with zero attached hydrogens (tertiary/aromatic N) is 1. The zero-order chi connectivity index (χ0) is 19.6. The number of halogens is 1. The summed E-state index contributed by atoms with van der Waals surface area (Å²) in [4.78, 5) is 2.08. The second kappa shape index (κ2) is 8.50. The van der Waals surface area contributed by atoms with Crippen LogP contribution in [0.5, 0.6) is 0 Å². The molecular formula is C18H27FN2O5S. The monoisotopic (exact) mass is 402 g/mol. The fourth-order valence-corrected chi connectivity index (χ4v) is 4.86. The van der Waals surface area contributed by atoms with Gasteiger partial charge in [0.15, 0.2) is 0 Å². The maximum atomic E-state index is 13.0. The first-order valence-corrected chi connectivity index (χ1v) is 10.7. The number of rotatable bonds is 6. The molecule has 1 aromatic carbocycles. The lowest BCUT2D eigenvalue weighted by Crippen LogP contribution is -2.53. The second-order valence-electron chi connectivity index (χ2n) is 7.40. The average molecular weight is 402 g/mol. The van der Waals surface area contributed by atoms with Crippen LogP contribution >= 0.6 is 0 Å². The fourth-order valence-electron chi connectivity index (χ4n) is 3.81. The van der Waals surface area contributed by atoms with Gasteiger partial charge in [0.2, 0.25) is 10.0 Å². The van der Waals surface area contributed by atoms with Gasteiger partial charge in [-0.05, 0) is 56.1 Å². The Hall–Kier alpha value is -1.10. The molecule has 3 N–H and O–H groups in total. The second-order valence-corrected chi connectivity index (χ2v) is 9.17. The molecule has 1 aromatic rings. The summed E-state index contributed by atoms with van der Waals surface area (Å²) in [5.74, 6) is 0.103. The number of likely N-dealkylation sites (tertiary alicyclic amines) is 1. The number of sulfonamides is 1. The summed E-state index contributed by atoms with van der Waals surface area (Å²) in [7, 11) is -3.83. The Labute approximate surface area is 159 Å². The predicted octanol–water partition coefficient (Wildman–Crippen LogP) is 0.325. The van der Waals surface area contributed by atoms with E-state index in [0.717, 1.165) is 38.1 Å². The minimum Gasteiger partial charge on any atom is -0.394 e. The highest BCUT2D eigenvalue weighted by atomic mass is 32.2. The van der Waals surface area contributed by atoms with Gasteiger partial charge in [-0.1, -0.05) is 6.92 Å². The Bertz CT molecular complexity index is 722. The first-order chi connectivity index (χ1) is 12.8. The van der Waals surface area contributed by atoms with E-state index in [4.69, 9.17) is 4.74 Å². The van der Waals surface area contributed by atoms with E-state index in [0.29, 0.717) is 5.92 Å². The van der Waals surface area contributed by atoms with Crippen LogP contribution in [-0.2, 0) is 14.8 Å². The van der Waals surface area contributed by atoms with Crippen LogP contribution < -0.4 is 4.72 Å². The molecule has 0 bridgehead atoms. The van der Waals surface area contributed by atoms with Gasteiger partial charge in [-0.15, -0.1) is 0 Å². The van der Waals surface area contributed by atoms with E-state index in [1.807, 2.05) is 0 Å². The van der Waals surface area contributed by atoms with Gasteiger partial charge in [-0.2, -0.15) is 0 Å². The van der Waals surface area contributed by atoms with Gasteiger partial charge in [0.05, 0.1) is 23.6 Å². The zero-order valence-electron chi connectivity index (χ0n) is 15.3.